The van der Waals surface area contributed by atoms with Crippen molar-refractivity contribution in [2.24, 2.45) is 0 Å². The number of anilines is 1. The van der Waals surface area contributed by atoms with Crippen LogP contribution in [0.4, 0.5) is 10.5 Å². The quantitative estimate of drug-likeness (QED) is 0.340. The first kappa shape index (κ1) is 23.0. The number of nitrogens with zero attached hydrogens (tertiary/aromatic N) is 1. The Hall–Kier alpha value is -4.16. The van der Waals surface area contributed by atoms with Gasteiger partial charge in [-0.3, -0.25) is 4.98 Å². The number of carbonyl (C=O) groups is 1. The van der Waals surface area contributed by atoms with Gasteiger partial charge in [-0.05, 0) is 53.1 Å². The normalized spacial score (nSPS) is 11.4. The Morgan fingerprint density at radius 2 is 1.62 bits per heavy atom. The van der Waals surface area contributed by atoms with Gasteiger partial charge >= 0.3 is 6.03 Å². The molecular formula is C28H27N3O3. The molecule has 0 aliphatic heterocycles. The molecule has 0 aliphatic carbocycles. The van der Waals surface area contributed by atoms with Gasteiger partial charge in [0.05, 0.1) is 32.1 Å². The average molecular weight is 454 g/mol. The Morgan fingerprint density at radius 1 is 0.853 bits per heavy atom. The van der Waals surface area contributed by atoms with Gasteiger partial charge in [-0.15, -0.1) is 0 Å². The van der Waals surface area contributed by atoms with Crippen molar-refractivity contribution in [1.82, 2.24) is 10.3 Å². The third kappa shape index (κ3) is 6.43. The summed E-state index contributed by atoms with van der Waals surface area (Å²) in [6.45, 7) is 0.925. The maximum atomic E-state index is 12.8. The number of aromatic nitrogens is 1. The predicted octanol–water partition coefficient (Wildman–Crippen LogP) is 5.72. The first-order valence-electron chi connectivity index (χ1n) is 11.0. The number of ether oxygens (including phenoxy) is 2. The van der Waals surface area contributed by atoms with E-state index in [0.29, 0.717) is 18.9 Å². The molecule has 172 valence electrons. The smallest absolute Gasteiger partial charge is 0.320 e. The number of hydrogen-bond donors (Lipinski definition) is 2. The van der Waals surface area contributed by atoms with Crippen LogP contribution in [0.3, 0.4) is 0 Å². The molecule has 2 amide bonds. The number of carbonyl (C=O) groups excluding carboxylic acids is 1. The molecule has 34 heavy (non-hydrogen) atoms. The third-order valence-corrected chi connectivity index (χ3v) is 5.27. The molecule has 1 heterocycles. The molecule has 1 atom stereocenters. The monoisotopic (exact) mass is 453 g/mol. The fraction of sp³-hybridized carbons (Fsp3) is 0.143. The van der Waals surface area contributed by atoms with E-state index in [9.17, 15) is 4.79 Å². The number of hydrogen-bond acceptors (Lipinski definition) is 4. The van der Waals surface area contributed by atoms with Crippen LogP contribution in [-0.4, -0.2) is 18.1 Å². The number of amides is 2. The minimum Gasteiger partial charge on any atom is -0.497 e. The number of methoxy groups -OCH3 is 1. The number of urea groups is 1. The van der Waals surface area contributed by atoms with Gasteiger partial charge in [-0.1, -0.05) is 60.7 Å². The zero-order valence-corrected chi connectivity index (χ0v) is 19.0. The summed E-state index contributed by atoms with van der Waals surface area (Å²) in [7, 11) is 1.65. The van der Waals surface area contributed by atoms with E-state index < -0.39 is 0 Å². The summed E-state index contributed by atoms with van der Waals surface area (Å²) in [5.41, 5.74) is 4.45. The van der Waals surface area contributed by atoms with Crippen LogP contribution in [0.15, 0.2) is 103 Å². The van der Waals surface area contributed by atoms with E-state index in [-0.39, 0.29) is 12.1 Å². The standard InChI is InChI=1S/C28H27N3O3/c1-33-25-15-13-21(14-16-25)19-34-20-22-8-7-11-24(18-22)30-28(32)31-27(23-9-3-2-4-10-23)26-12-5-6-17-29-26/h2-18,27H,19-20H2,1H3,(H2,30,31,32). The van der Waals surface area contributed by atoms with Crippen molar-refractivity contribution in [2.75, 3.05) is 12.4 Å². The molecule has 1 unspecified atom stereocenters. The fourth-order valence-corrected chi connectivity index (χ4v) is 3.57. The van der Waals surface area contributed by atoms with Crippen molar-refractivity contribution in [3.8, 4) is 5.75 Å². The van der Waals surface area contributed by atoms with E-state index in [1.807, 2.05) is 97.1 Å². The van der Waals surface area contributed by atoms with Crippen molar-refractivity contribution >= 4 is 11.7 Å². The minimum atomic E-state index is -0.363. The number of pyridine rings is 1. The van der Waals surface area contributed by atoms with E-state index in [1.54, 1.807) is 13.3 Å². The molecule has 4 aromatic rings. The zero-order valence-electron chi connectivity index (χ0n) is 19.0. The van der Waals surface area contributed by atoms with Gasteiger partial charge in [0.25, 0.3) is 0 Å². The second kappa shape index (κ2) is 11.6. The SMILES string of the molecule is COc1ccc(COCc2cccc(NC(=O)NC(c3ccccc3)c3ccccn3)c2)cc1. The minimum absolute atomic E-state index is 0.309. The van der Waals surface area contributed by atoms with Gasteiger partial charge in [0.2, 0.25) is 0 Å². The lowest BCUT2D eigenvalue weighted by Gasteiger charge is -2.19. The molecule has 1 aromatic heterocycles. The van der Waals surface area contributed by atoms with Gasteiger partial charge in [0.1, 0.15) is 5.75 Å². The van der Waals surface area contributed by atoms with E-state index in [0.717, 1.165) is 28.1 Å². The second-order valence-corrected chi connectivity index (χ2v) is 7.74. The molecule has 0 fully saturated rings. The molecule has 0 saturated carbocycles. The highest BCUT2D eigenvalue weighted by Gasteiger charge is 2.18. The first-order chi connectivity index (χ1) is 16.7. The van der Waals surface area contributed by atoms with E-state index in [2.05, 4.69) is 15.6 Å². The Balaban J connectivity index is 1.36. The summed E-state index contributed by atoms with van der Waals surface area (Å²) in [5, 5.41) is 5.96. The summed E-state index contributed by atoms with van der Waals surface area (Å²) in [4.78, 5) is 17.3. The summed E-state index contributed by atoms with van der Waals surface area (Å²) < 4.78 is 11.0. The van der Waals surface area contributed by atoms with Crippen molar-refractivity contribution < 1.29 is 14.3 Å². The van der Waals surface area contributed by atoms with Crippen LogP contribution >= 0.6 is 0 Å². The van der Waals surface area contributed by atoms with Crippen LogP contribution in [0.5, 0.6) is 5.75 Å². The van der Waals surface area contributed by atoms with Crippen LogP contribution in [0.2, 0.25) is 0 Å². The maximum absolute atomic E-state index is 12.8. The molecule has 6 heteroatoms. The predicted molar refractivity (Wildman–Crippen MR) is 133 cm³/mol. The highest BCUT2D eigenvalue weighted by atomic mass is 16.5. The summed E-state index contributed by atoms with van der Waals surface area (Å²) in [6, 6.07) is 30.2. The van der Waals surface area contributed by atoms with Crippen LogP contribution < -0.4 is 15.4 Å². The molecular weight excluding hydrogens is 426 g/mol. The average Bonchev–Trinajstić information content (AvgIpc) is 2.89. The molecule has 3 aromatic carbocycles. The molecule has 0 aliphatic rings. The van der Waals surface area contributed by atoms with Gasteiger partial charge in [-0.25, -0.2) is 4.79 Å². The van der Waals surface area contributed by atoms with Crippen LogP contribution in [0, 0.1) is 0 Å². The van der Waals surface area contributed by atoms with Crippen molar-refractivity contribution in [2.45, 2.75) is 19.3 Å². The molecule has 2 N–H and O–H groups in total. The molecule has 4 rings (SSSR count). The van der Waals surface area contributed by atoms with E-state index in [4.69, 9.17) is 9.47 Å². The number of rotatable bonds is 9. The molecule has 0 radical (unpaired) electrons. The highest BCUT2D eigenvalue weighted by molar-refractivity contribution is 5.89. The third-order valence-electron chi connectivity index (χ3n) is 5.27. The van der Waals surface area contributed by atoms with E-state index in [1.165, 1.54) is 0 Å². The van der Waals surface area contributed by atoms with Crippen LogP contribution in [0.1, 0.15) is 28.4 Å². The van der Waals surface area contributed by atoms with Gasteiger partial charge < -0.3 is 20.1 Å². The largest absolute Gasteiger partial charge is 0.497 e. The summed E-state index contributed by atoms with van der Waals surface area (Å²) in [6.07, 6.45) is 1.72. The van der Waals surface area contributed by atoms with Crippen molar-refractivity contribution in [3.63, 3.8) is 0 Å². The molecule has 0 saturated heterocycles. The Morgan fingerprint density at radius 3 is 2.35 bits per heavy atom. The second-order valence-electron chi connectivity index (χ2n) is 7.74. The van der Waals surface area contributed by atoms with Gasteiger partial charge in [-0.2, -0.15) is 0 Å². The topological polar surface area (TPSA) is 72.5 Å². The fourth-order valence-electron chi connectivity index (χ4n) is 3.57. The van der Waals surface area contributed by atoms with Gasteiger partial charge in [0, 0.05) is 11.9 Å². The van der Waals surface area contributed by atoms with Crippen LogP contribution in [0.25, 0.3) is 0 Å². The lowest BCUT2D eigenvalue weighted by atomic mass is 10.0. The van der Waals surface area contributed by atoms with Crippen molar-refractivity contribution in [1.29, 1.82) is 0 Å². The molecule has 0 spiro atoms. The Kier molecular flexibility index (Phi) is 7.87. The lowest BCUT2D eigenvalue weighted by molar-refractivity contribution is 0.107. The molecule has 0 bridgehead atoms. The number of nitrogens with one attached hydrogen (secondary N) is 2. The molecule has 6 nitrogen and oxygen atoms in total. The van der Waals surface area contributed by atoms with Crippen LogP contribution in [-0.2, 0) is 18.0 Å². The highest BCUT2D eigenvalue weighted by Crippen LogP contribution is 2.21. The Labute approximate surface area is 199 Å². The van der Waals surface area contributed by atoms with Crippen molar-refractivity contribution in [3.05, 3.63) is 126 Å². The maximum Gasteiger partial charge on any atom is 0.320 e. The first-order valence-corrected chi connectivity index (χ1v) is 11.0. The lowest BCUT2D eigenvalue weighted by Crippen LogP contribution is -2.33. The zero-order chi connectivity index (χ0) is 23.6. The Bertz CT molecular complexity index is 1140. The number of benzene rings is 3. The van der Waals surface area contributed by atoms with E-state index >= 15 is 0 Å². The summed E-state index contributed by atoms with van der Waals surface area (Å²) in [5.74, 6) is 0.818. The summed E-state index contributed by atoms with van der Waals surface area (Å²) >= 11 is 0. The van der Waals surface area contributed by atoms with Gasteiger partial charge in [0.15, 0.2) is 0 Å².